The van der Waals surface area contributed by atoms with Crippen LogP contribution in [0.1, 0.15) is 18.5 Å². The quantitative estimate of drug-likeness (QED) is 0.830. The van der Waals surface area contributed by atoms with E-state index in [0.717, 1.165) is 31.6 Å². The minimum atomic E-state index is -0.0738. The van der Waals surface area contributed by atoms with E-state index in [4.69, 9.17) is 5.11 Å². The first-order valence-corrected chi connectivity index (χ1v) is 6.65. The zero-order valence-corrected chi connectivity index (χ0v) is 10.7. The highest BCUT2D eigenvalue weighted by atomic mass is 16.3. The van der Waals surface area contributed by atoms with E-state index in [2.05, 4.69) is 15.0 Å². The zero-order valence-electron chi connectivity index (χ0n) is 10.7. The Morgan fingerprint density at radius 2 is 2.21 bits per heavy atom. The fraction of sp³-hybridized carbons (Fsp3) is 0.538. The van der Waals surface area contributed by atoms with E-state index in [0.29, 0.717) is 18.1 Å². The number of H-pyrrole nitrogens is 1. The molecular weight excluding hydrogens is 244 g/mol. The molecule has 2 N–H and O–H groups in total. The third-order valence-corrected chi connectivity index (χ3v) is 3.78. The molecule has 0 unspecified atom stereocenters. The van der Waals surface area contributed by atoms with Crippen molar-refractivity contribution in [2.24, 2.45) is 5.92 Å². The maximum atomic E-state index is 11.8. The minimum absolute atomic E-state index is 0.0738. The summed E-state index contributed by atoms with van der Waals surface area (Å²) in [6.07, 6.45) is 3.74. The number of aliphatic hydroxyl groups excluding tert-OH is 1. The van der Waals surface area contributed by atoms with Crippen LogP contribution in [0.15, 0.2) is 23.1 Å². The molecule has 1 fully saturated rings. The van der Waals surface area contributed by atoms with E-state index < -0.39 is 0 Å². The van der Waals surface area contributed by atoms with Crippen LogP contribution in [0.2, 0.25) is 0 Å². The molecule has 3 rings (SSSR count). The van der Waals surface area contributed by atoms with Crippen LogP contribution < -0.4 is 5.56 Å². The summed E-state index contributed by atoms with van der Waals surface area (Å²) in [4.78, 5) is 18.6. The first kappa shape index (κ1) is 12.4. The molecule has 0 spiro atoms. The normalized spacial score (nSPS) is 18.2. The van der Waals surface area contributed by atoms with Crippen LogP contribution in [-0.2, 0) is 6.54 Å². The van der Waals surface area contributed by atoms with Gasteiger partial charge in [-0.05, 0) is 31.8 Å². The van der Waals surface area contributed by atoms with Gasteiger partial charge in [0.1, 0.15) is 0 Å². The Morgan fingerprint density at radius 1 is 1.42 bits per heavy atom. The molecule has 2 aromatic heterocycles. The van der Waals surface area contributed by atoms with Crippen LogP contribution in [0.3, 0.4) is 0 Å². The van der Waals surface area contributed by atoms with Gasteiger partial charge in [0.2, 0.25) is 0 Å². The van der Waals surface area contributed by atoms with Crippen molar-refractivity contribution in [1.29, 1.82) is 0 Å². The van der Waals surface area contributed by atoms with Crippen molar-refractivity contribution in [1.82, 2.24) is 19.5 Å². The Bertz CT molecular complexity index is 610. The second kappa shape index (κ2) is 5.14. The summed E-state index contributed by atoms with van der Waals surface area (Å²) in [5, 5.41) is 12.0. The van der Waals surface area contributed by atoms with Gasteiger partial charge in [-0.2, -0.15) is 0 Å². The summed E-state index contributed by atoms with van der Waals surface area (Å²) in [6, 6.07) is 3.38. The van der Waals surface area contributed by atoms with Crippen LogP contribution in [0.4, 0.5) is 0 Å². The maximum Gasteiger partial charge on any atom is 0.272 e. The van der Waals surface area contributed by atoms with Crippen LogP contribution in [0, 0.1) is 5.92 Å². The van der Waals surface area contributed by atoms with Crippen LogP contribution in [0.25, 0.3) is 5.65 Å². The smallest absolute Gasteiger partial charge is 0.272 e. The topological polar surface area (TPSA) is 73.6 Å². The monoisotopic (exact) mass is 262 g/mol. The summed E-state index contributed by atoms with van der Waals surface area (Å²) >= 11 is 0. The standard InChI is InChI=1S/C13H18N4O2/c18-9-10-2-5-16(6-3-10)8-11-7-13(19)17-12(15-11)1-4-14-17/h1,4,7,10,14,18H,2-3,5-6,8-9H2. The Balaban J connectivity index is 1.73. The lowest BCUT2D eigenvalue weighted by Gasteiger charge is -2.30. The van der Waals surface area contributed by atoms with Gasteiger partial charge in [0, 0.05) is 31.5 Å². The number of aromatic amines is 1. The highest BCUT2D eigenvalue weighted by molar-refractivity contribution is 5.36. The number of aliphatic hydroxyl groups is 1. The molecule has 6 nitrogen and oxygen atoms in total. The molecule has 0 radical (unpaired) electrons. The third kappa shape index (κ3) is 2.54. The number of likely N-dealkylation sites (tertiary alicyclic amines) is 1. The van der Waals surface area contributed by atoms with Crippen molar-refractivity contribution in [2.75, 3.05) is 19.7 Å². The summed E-state index contributed by atoms with van der Waals surface area (Å²) in [6.45, 7) is 2.90. The molecular formula is C13H18N4O2. The molecule has 19 heavy (non-hydrogen) atoms. The van der Waals surface area contributed by atoms with E-state index in [1.807, 2.05) is 0 Å². The SMILES string of the molecule is O=c1cc(CN2CCC(CO)CC2)nc2cc[nH]n12. The maximum absolute atomic E-state index is 11.8. The number of rotatable bonds is 3. The predicted molar refractivity (Wildman–Crippen MR) is 70.9 cm³/mol. The summed E-state index contributed by atoms with van der Waals surface area (Å²) in [7, 11) is 0. The molecule has 3 heterocycles. The number of nitrogens with zero attached hydrogens (tertiary/aromatic N) is 3. The van der Waals surface area contributed by atoms with Crippen LogP contribution >= 0.6 is 0 Å². The third-order valence-electron chi connectivity index (χ3n) is 3.78. The molecule has 0 saturated carbocycles. The van der Waals surface area contributed by atoms with Crippen LogP contribution in [0.5, 0.6) is 0 Å². The Morgan fingerprint density at radius 3 is 2.95 bits per heavy atom. The Kier molecular flexibility index (Phi) is 3.35. The van der Waals surface area contributed by atoms with Gasteiger partial charge in [0.25, 0.3) is 5.56 Å². The average molecular weight is 262 g/mol. The summed E-state index contributed by atoms with van der Waals surface area (Å²) in [5.41, 5.74) is 1.40. The van der Waals surface area contributed by atoms with Crippen molar-refractivity contribution in [3.63, 3.8) is 0 Å². The van der Waals surface area contributed by atoms with Gasteiger partial charge in [-0.25, -0.2) is 9.50 Å². The minimum Gasteiger partial charge on any atom is -0.396 e. The molecule has 0 bridgehead atoms. The molecule has 0 aromatic carbocycles. The number of hydrogen-bond acceptors (Lipinski definition) is 4. The van der Waals surface area contributed by atoms with Gasteiger partial charge in [-0.15, -0.1) is 0 Å². The lowest BCUT2D eigenvalue weighted by Crippen LogP contribution is -2.35. The second-order valence-corrected chi connectivity index (χ2v) is 5.14. The van der Waals surface area contributed by atoms with E-state index in [1.165, 1.54) is 4.52 Å². The number of nitrogens with one attached hydrogen (secondary N) is 1. The van der Waals surface area contributed by atoms with E-state index in [9.17, 15) is 4.79 Å². The van der Waals surface area contributed by atoms with Gasteiger partial charge >= 0.3 is 0 Å². The van der Waals surface area contributed by atoms with Crippen molar-refractivity contribution in [3.8, 4) is 0 Å². The Labute approximate surface area is 110 Å². The van der Waals surface area contributed by atoms with Crippen molar-refractivity contribution in [2.45, 2.75) is 19.4 Å². The van der Waals surface area contributed by atoms with E-state index in [-0.39, 0.29) is 12.2 Å². The Hall–Kier alpha value is -1.66. The van der Waals surface area contributed by atoms with Crippen molar-refractivity contribution >= 4 is 5.65 Å². The average Bonchev–Trinajstić information content (AvgIpc) is 2.88. The number of piperidine rings is 1. The highest BCUT2D eigenvalue weighted by Gasteiger charge is 2.19. The van der Waals surface area contributed by atoms with Crippen molar-refractivity contribution in [3.05, 3.63) is 34.4 Å². The van der Waals surface area contributed by atoms with E-state index >= 15 is 0 Å². The molecule has 2 aromatic rings. The molecule has 1 aliphatic rings. The number of hydrogen-bond donors (Lipinski definition) is 2. The summed E-state index contributed by atoms with van der Waals surface area (Å²) < 4.78 is 1.43. The van der Waals surface area contributed by atoms with E-state index in [1.54, 1.807) is 18.3 Å². The first-order valence-electron chi connectivity index (χ1n) is 6.65. The molecule has 1 saturated heterocycles. The first-order chi connectivity index (χ1) is 9.26. The lowest BCUT2D eigenvalue weighted by atomic mass is 9.98. The molecule has 0 atom stereocenters. The van der Waals surface area contributed by atoms with Crippen LogP contribution in [-0.4, -0.2) is 44.3 Å². The van der Waals surface area contributed by atoms with Gasteiger partial charge < -0.3 is 5.11 Å². The molecule has 0 amide bonds. The van der Waals surface area contributed by atoms with Crippen molar-refractivity contribution < 1.29 is 5.11 Å². The van der Waals surface area contributed by atoms with Gasteiger partial charge in [-0.3, -0.25) is 14.8 Å². The number of fused-ring (bicyclic) bond motifs is 1. The van der Waals surface area contributed by atoms with Gasteiger partial charge in [0.15, 0.2) is 5.65 Å². The number of aromatic nitrogens is 3. The zero-order chi connectivity index (χ0) is 13.2. The molecule has 1 aliphatic heterocycles. The fourth-order valence-electron chi connectivity index (χ4n) is 2.61. The van der Waals surface area contributed by atoms with Gasteiger partial charge in [-0.1, -0.05) is 0 Å². The molecule has 6 heteroatoms. The fourth-order valence-corrected chi connectivity index (χ4v) is 2.61. The predicted octanol–water partition coefficient (Wildman–Crippen LogP) is 0.227. The molecule has 0 aliphatic carbocycles. The van der Waals surface area contributed by atoms with Gasteiger partial charge in [0.05, 0.1) is 5.69 Å². The summed E-state index contributed by atoms with van der Waals surface area (Å²) in [5.74, 6) is 0.432. The lowest BCUT2D eigenvalue weighted by molar-refractivity contribution is 0.126. The second-order valence-electron chi connectivity index (χ2n) is 5.14. The highest BCUT2D eigenvalue weighted by Crippen LogP contribution is 2.17. The largest absolute Gasteiger partial charge is 0.396 e. The molecule has 102 valence electrons.